The molecule has 0 aliphatic carbocycles. The van der Waals surface area contributed by atoms with Gasteiger partial charge in [0.2, 0.25) is 0 Å². The minimum atomic E-state index is -4.94. The van der Waals surface area contributed by atoms with Crippen molar-refractivity contribution in [2.24, 2.45) is 16.8 Å². The van der Waals surface area contributed by atoms with Gasteiger partial charge < -0.3 is 15.7 Å². The van der Waals surface area contributed by atoms with Gasteiger partial charge in [-0.3, -0.25) is 0 Å². The molecule has 0 radical (unpaired) electrons. The summed E-state index contributed by atoms with van der Waals surface area (Å²) >= 11 is 0. The lowest BCUT2D eigenvalue weighted by Gasteiger charge is -2.29. The third kappa shape index (κ3) is 2.38. The van der Waals surface area contributed by atoms with E-state index in [0.717, 1.165) is 5.56 Å². The van der Waals surface area contributed by atoms with E-state index >= 15 is 0 Å². The van der Waals surface area contributed by atoms with Crippen LogP contribution >= 0.6 is 0 Å². The van der Waals surface area contributed by atoms with Crippen molar-refractivity contribution in [3.8, 4) is 0 Å². The average molecular weight is 288 g/mol. The minimum absolute atomic E-state index is 0.0166. The number of oxime groups is 1. The first-order valence-corrected chi connectivity index (χ1v) is 6.12. The van der Waals surface area contributed by atoms with Crippen molar-refractivity contribution in [3.05, 3.63) is 35.4 Å². The first-order chi connectivity index (χ1) is 9.29. The first kappa shape index (κ1) is 14.8. The number of hydrogen-bond acceptors (Lipinski definition) is 4. The summed E-state index contributed by atoms with van der Waals surface area (Å²) in [4.78, 5) is 4.33. The van der Waals surface area contributed by atoms with Gasteiger partial charge in [0.1, 0.15) is 0 Å². The zero-order valence-electron chi connectivity index (χ0n) is 10.8. The fraction of sp³-hybridized carbons (Fsp3) is 0.462. The number of hydrogen-bond donors (Lipinski definition) is 2. The van der Waals surface area contributed by atoms with Crippen LogP contribution in [0.1, 0.15) is 17.5 Å². The SMILES string of the molecule is Cc1ccc(C2=NO[C@@](O)(C(F)(F)F)[C@@H]2CCN)cc1. The molecule has 2 atom stereocenters. The number of halogens is 3. The summed E-state index contributed by atoms with van der Waals surface area (Å²) in [5.41, 5.74) is 6.86. The van der Waals surface area contributed by atoms with Gasteiger partial charge in [0.15, 0.2) is 0 Å². The van der Waals surface area contributed by atoms with Crippen molar-refractivity contribution in [2.75, 3.05) is 6.54 Å². The van der Waals surface area contributed by atoms with E-state index in [0.29, 0.717) is 5.56 Å². The average Bonchev–Trinajstić information content (AvgIpc) is 2.70. The Balaban J connectivity index is 2.37. The molecule has 20 heavy (non-hydrogen) atoms. The van der Waals surface area contributed by atoms with Crippen LogP contribution in [0.25, 0.3) is 0 Å². The van der Waals surface area contributed by atoms with E-state index in [2.05, 4.69) is 9.99 Å². The van der Waals surface area contributed by atoms with E-state index in [9.17, 15) is 18.3 Å². The van der Waals surface area contributed by atoms with Crippen LogP contribution in [-0.2, 0) is 4.84 Å². The van der Waals surface area contributed by atoms with Crippen molar-refractivity contribution in [1.82, 2.24) is 0 Å². The van der Waals surface area contributed by atoms with Gasteiger partial charge >= 0.3 is 12.0 Å². The molecule has 0 amide bonds. The molecule has 0 saturated carbocycles. The Morgan fingerprint density at radius 2 is 1.95 bits per heavy atom. The zero-order chi connectivity index (χ0) is 15.0. The molecule has 2 rings (SSSR count). The van der Waals surface area contributed by atoms with Gasteiger partial charge in [-0.25, -0.2) is 0 Å². The van der Waals surface area contributed by atoms with Crippen molar-refractivity contribution < 1.29 is 23.1 Å². The van der Waals surface area contributed by atoms with Crippen molar-refractivity contribution in [2.45, 2.75) is 25.3 Å². The number of aliphatic hydroxyl groups is 1. The summed E-state index contributed by atoms with van der Waals surface area (Å²) in [5.74, 6) is -4.65. The standard InChI is InChI=1S/C13H15F3N2O2/c1-8-2-4-9(5-3-8)11-10(6-7-17)12(19,20-18-11)13(14,15)16/h2-5,10,19H,6-7,17H2,1H3/t10-,12-/m1/s1. The molecule has 0 fully saturated rings. The van der Waals surface area contributed by atoms with Crippen LogP contribution in [-0.4, -0.2) is 29.3 Å². The molecular weight excluding hydrogens is 273 g/mol. The summed E-state index contributed by atoms with van der Waals surface area (Å²) in [6.07, 6.45) is -5.02. The van der Waals surface area contributed by atoms with Crippen LogP contribution < -0.4 is 5.73 Å². The predicted molar refractivity (Wildman–Crippen MR) is 67.0 cm³/mol. The molecule has 0 unspecified atom stereocenters. The molecule has 1 aromatic carbocycles. The molecule has 4 nitrogen and oxygen atoms in total. The maximum absolute atomic E-state index is 13.0. The highest BCUT2D eigenvalue weighted by Crippen LogP contribution is 2.44. The van der Waals surface area contributed by atoms with E-state index < -0.39 is 17.9 Å². The van der Waals surface area contributed by atoms with Crippen LogP contribution in [0.5, 0.6) is 0 Å². The van der Waals surface area contributed by atoms with Gasteiger partial charge in [0, 0.05) is 0 Å². The molecule has 0 spiro atoms. The Morgan fingerprint density at radius 1 is 1.35 bits per heavy atom. The number of nitrogens with two attached hydrogens (primary N) is 1. The van der Waals surface area contributed by atoms with Crippen LogP contribution in [0.15, 0.2) is 29.4 Å². The lowest BCUT2D eigenvalue weighted by Crippen LogP contribution is -2.52. The lowest BCUT2D eigenvalue weighted by molar-refractivity contribution is -0.370. The summed E-state index contributed by atoms with van der Waals surface area (Å²) in [6, 6.07) is 6.79. The quantitative estimate of drug-likeness (QED) is 0.893. The molecule has 7 heteroatoms. The second-order valence-electron chi connectivity index (χ2n) is 4.76. The number of nitrogens with zero attached hydrogens (tertiary/aromatic N) is 1. The molecule has 110 valence electrons. The smallest absolute Gasteiger partial charge is 0.349 e. The van der Waals surface area contributed by atoms with Crippen molar-refractivity contribution in [1.29, 1.82) is 0 Å². The van der Waals surface area contributed by atoms with Crippen molar-refractivity contribution in [3.63, 3.8) is 0 Å². The molecule has 1 heterocycles. The Hall–Kier alpha value is -1.60. The largest absolute Gasteiger partial charge is 0.458 e. The Kier molecular flexibility index (Phi) is 3.75. The lowest BCUT2D eigenvalue weighted by atomic mass is 9.86. The molecule has 1 aromatic rings. The van der Waals surface area contributed by atoms with Crippen LogP contribution in [0.3, 0.4) is 0 Å². The van der Waals surface area contributed by atoms with Gasteiger partial charge in [-0.2, -0.15) is 13.2 Å². The molecule has 0 bridgehead atoms. The van der Waals surface area contributed by atoms with Gasteiger partial charge in [0.25, 0.3) is 0 Å². The molecule has 3 N–H and O–H groups in total. The highest BCUT2D eigenvalue weighted by molar-refractivity contribution is 6.03. The van der Waals surface area contributed by atoms with Gasteiger partial charge in [-0.05, 0) is 25.5 Å². The minimum Gasteiger partial charge on any atom is -0.349 e. The van der Waals surface area contributed by atoms with Crippen molar-refractivity contribution >= 4 is 5.71 Å². The summed E-state index contributed by atoms with van der Waals surface area (Å²) < 4.78 is 38.9. The van der Waals surface area contributed by atoms with E-state index in [-0.39, 0.29) is 18.7 Å². The van der Waals surface area contributed by atoms with Gasteiger partial charge in [-0.1, -0.05) is 35.0 Å². The third-order valence-corrected chi connectivity index (χ3v) is 3.29. The Morgan fingerprint density at radius 3 is 2.45 bits per heavy atom. The maximum Gasteiger partial charge on any atom is 0.458 e. The first-order valence-electron chi connectivity index (χ1n) is 6.12. The summed E-state index contributed by atoms with van der Waals surface area (Å²) in [7, 11) is 0. The van der Waals surface area contributed by atoms with E-state index in [1.165, 1.54) is 0 Å². The molecular formula is C13H15F3N2O2. The number of aryl methyl sites for hydroxylation is 1. The van der Waals surface area contributed by atoms with Crippen LogP contribution in [0.2, 0.25) is 0 Å². The Bertz CT molecular complexity index is 513. The molecule has 0 saturated heterocycles. The van der Waals surface area contributed by atoms with Crippen LogP contribution in [0, 0.1) is 12.8 Å². The predicted octanol–water partition coefficient (Wildman–Crippen LogP) is 1.95. The highest BCUT2D eigenvalue weighted by Gasteiger charge is 2.66. The normalized spacial score (nSPS) is 26.3. The molecule has 0 aromatic heterocycles. The Labute approximate surface area is 114 Å². The summed E-state index contributed by atoms with van der Waals surface area (Å²) in [5, 5.41) is 13.2. The van der Waals surface area contributed by atoms with E-state index in [1.807, 2.05) is 6.92 Å². The maximum atomic E-state index is 13.0. The zero-order valence-corrected chi connectivity index (χ0v) is 10.8. The van der Waals surface area contributed by atoms with E-state index in [1.54, 1.807) is 24.3 Å². The van der Waals surface area contributed by atoms with E-state index in [4.69, 9.17) is 5.73 Å². The monoisotopic (exact) mass is 288 g/mol. The summed E-state index contributed by atoms with van der Waals surface area (Å²) in [6.45, 7) is 1.84. The molecule has 1 aliphatic rings. The highest BCUT2D eigenvalue weighted by atomic mass is 19.4. The number of alkyl halides is 3. The van der Waals surface area contributed by atoms with Crippen LogP contribution in [0.4, 0.5) is 13.2 Å². The van der Waals surface area contributed by atoms with Gasteiger partial charge in [-0.15, -0.1) is 0 Å². The fourth-order valence-electron chi connectivity index (χ4n) is 2.16. The third-order valence-electron chi connectivity index (χ3n) is 3.29. The second kappa shape index (κ2) is 5.06. The second-order valence-corrected chi connectivity index (χ2v) is 4.76. The number of benzene rings is 1. The number of rotatable bonds is 3. The van der Waals surface area contributed by atoms with Gasteiger partial charge in [0.05, 0.1) is 11.6 Å². The fourth-order valence-corrected chi connectivity index (χ4v) is 2.16. The topological polar surface area (TPSA) is 67.8 Å². The molecule has 1 aliphatic heterocycles.